The van der Waals surface area contributed by atoms with Gasteiger partial charge in [0.2, 0.25) is 0 Å². The second kappa shape index (κ2) is 7.69. The van der Waals surface area contributed by atoms with Crippen LogP contribution < -0.4 is 5.32 Å². The van der Waals surface area contributed by atoms with Gasteiger partial charge < -0.3 is 5.32 Å². The van der Waals surface area contributed by atoms with Gasteiger partial charge in [0.15, 0.2) is 5.82 Å². The first-order valence-corrected chi connectivity index (χ1v) is 8.93. The molecule has 1 atom stereocenters. The molecule has 1 aromatic carbocycles. The molecule has 0 radical (unpaired) electrons. The Labute approximate surface area is 175 Å². The highest BCUT2D eigenvalue weighted by atomic mass is 19.4. The number of nitrogens with zero attached hydrogens (tertiary/aromatic N) is 7. The molecule has 0 amide bonds. The molecule has 8 nitrogen and oxygen atoms in total. The minimum absolute atomic E-state index is 0.0214. The van der Waals surface area contributed by atoms with Gasteiger partial charge >= 0.3 is 12.4 Å². The Morgan fingerprint density at radius 3 is 2.34 bits per heavy atom. The van der Waals surface area contributed by atoms with Crippen LogP contribution in [-0.4, -0.2) is 34.9 Å². The summed E-state index contributed by atoms with van der Waals surface area (Å²) in [4.78, 5) is 12.2. The van der Waals surface area contributed by atoms with Crippen LogP contribution in [-0.2, 0) is 12.4 Å². The van der Waals surface area contributed by atoms with Crippen molar-refractivity contribution < 1.29 is 26.3 Å². The average molecular weight is 454 g/mol. The number of anilines is 1. The Balaban J connectivity index is 1.80. The van der Waals surface area contributed by atoms with E-state index in [1.54, 1.807) is 13.0 Å². The van der Waals surface area contributed by atoms with Crippen molar-refractivity contribution in [2.45, 2.75) is 25.3 Å². The number of benzene rings is 1. The van der Waals surface area contributed by atoms with E-state index in [-0.39, 0.29) is 23.5 Å². The van der Waals surface area contributed by atoms with Crippen molar-refractivity contribution in [1.29, 1.82) is 0 Å². The van der Waals surface area contributed by atoms with Crippen LogP contribution in [0.3, 0.4) is 0 Å². The van der Waals surface area contributed by atoms with Gasteiger partial charge in [-0.05, 0) is 25.1 Å². The Morgan fingerprint density at radius 1 is 0.969 bits per heavy atom. The first-order valence-electron chi connectivity index (χ1n) is 8.93. The van der Waals surface area contributed by atoms with Crippen LogP contribution in [0.25, 0.3) is 16.9 Å². The largest absolute Gasteiger partial charge is 0.418 e. The quantitative estimate of drug-likeness (QED) is 0.462. The van der Waals surface area contributed by atoms with Crippen LogP contribution in [0.2, 0.25) is 0 Å². The molecule has 32 heavy (non-hydrogen) atoms. The number of alkyl halides is 6. The highest BCUT2D eigenvalue weighted by Gasteiger charge is 2.39. The van der Waals surface area contributed by atoms with Crippen LogP contribution in [0.15, 0.2) is 43.1 Å². The third-order valence-electron chi connectivity index (χ3n) is 4.45. The fourth-order valence-corrected chi connectivity index (χ4v) is 3.05. The summed E-state index contributed by atoms with van der Waals surface area (Å²) in [5.41, 5.74) is -3.80. The second-order valence-electron chi connectivity index (χ2n) is 6.62. The maximum atomic E-state index is 13.5. The van der Waals surface area contributed by atoms with Gasteiger partial charge in [-0.25, -0.2) is 15.0 Å². The van der Waals surface area contributed by atoms with Gasteiger partial charge in [-0.2, -0.15) is 41.2 Å². The SMILES string of the molecule is CC(Nc1cnnc2c(C(F)(F)F)cc(C(F)(F)F)cc12)c1ncnn1-c1ncccn1. The van der Waals surface area contributed by atoms with Crippen molar-refractivity contribution in [2.24, 2.45) is 0 Å². The van der Waals surface area contributed by atoms with Crippen molar-refractivity contribution in [3.63, 3.8) is 0 Å². The molecule has 4 rings (SSSR count). The molecule has 1 N–H and O–H groups in total. The number of aromatic nitrogens is 7. The van der Waals surface area contributed by atoms with Crippen LogP contribution >= 0.6 is 0 Å². The van der Waals surface area contributed by atoms with E-state index in [4.69, 9.17) is 0 Å². The van der Waals surface area contributed by atoms with Crippen molar-refractivity contribution in [2.75, 3.05) is 5.32 Å². The minimum Gasteiger partial charge on any atom is -0.373 e. The normalized spacial score (nSPS) is 13.3. The predicted octanol–water partition coefficient (Wildman–Crippen LogP) is 4.21. The van der Waals surface area contributed by atoms with Gasteiger partial charge in [0.25, 0.3) is 5.95 Å². The summed E-state index contributed by atoms with van der Waals surface area (Å²) in [5, 5.41) is 13.4. The molecule has 4 aromatic rings. The molecule has 0 aliphatic carbocycles. The third-order valence-corrected chi connectivity index (χ3v) is 4.45. The van der Waals surface area contributed by atoms with Crippen molar-refractivity contribution >= 4 is 16.6 Å². The molecule has 3 heterocycles. The first-order chi connectivity index (χ1) is 15.1. The maximum Gasteiger partial charge on any atom is 0.418 e. The maximum absolute atomic E-state index is 13.5. The van der Waals surface area contributed by atoms with Crippen LogP contribution in [0.5, 0.6) is 0 Å². The molecule has 0 aliphatic heterocycles. The summed E-state index contributed by atoms with van der Waals surface area (Å²) in [6.07, 6.45) is -4.85. The van der Waals surface area contributed by atoms with Gasteiger partial charge in [-0.15, -0.1) is 5.10 Å². The lowest BCUT2D eigenvalue weighted by Gasteiger charge is -2.18. The fourth-order valence-electron chi connectivity index (χ4n) is 3.05. The van der Waals surface area contributed by atoms with Crippen molar-refractivity contribution in [3.05, 3.63) is 60.1 Å². The molecule has 166 valence electrons. The zero-order chi connectivity index (χ0) is 23.1. The van der Waals surface area contributed by atoms with E-state index >= 15 is 0 Å². The molecule has 3 aromatic heterocycles. The van der Waals surface area contributed by atoms with Crippen LogP contribution in [0.4, 0.5) is 32.0 Å². The smallest absolute Gasteiger partial charge is 0.373 e. The molecular weight excluding hydrogens is 442 g/mol. The van der Waals surface area contributed by atoms with E-state index in [0.717, 1.165) is 6.20 Å². The van der Waals surface area contributed by atoms with Crippen molar-refractivity contribution in [3.8, 4) is 5.95 Å². The molecule has 0 fully saturated rings. The van der Waals surface area contributed by atoms with E-state index in [9.17, 15) is 26.3 Å². The Kier molecular flexibility index (Phi) is 5.14. The summed E-state index contributed by atoms with van der Waals surface area (Å²) in [5.74, 6) is 0.453. The summed E-state index contributed by atoms with van der Waals surface area (Å²) < 4.78 is 81.5. The lowest BCUT2D eigenvalue weighted by molar-refractivity contribution is -0.142. The third kappa shape index (κ3) is 4.02. The number of hydrogen-bond acceptors (Lipinski definition) is 7. The van der Waals surface area contributed by atoms with Gasteiger partial charge in [0.05, 0.1) is 29.1 Å². The topological polar surface area (TPSA) is 94.3 Å². The molecule has 1 unspecified atom stereocenters. The fraction of sp³-hybridized carbons (Fsp3) is 0.222. The molecule has 0 saturated carbocycles. The van der Waals surface area contributed by atoms with E-state index in [1.807, 2.05) is 0 Å². The van der Waals surface area contributed by atoms with E-state index in [2.05, 4.69) is 35.6 Å². The Morgan fingerprint density at radius 2 is 1.69 bits per heavy atom. The summed E-state index contributed by atoms with van der Waals surface area (Å²) in [7, 11) is 0. The number of rotatable bonds is 4. The number of hydrogen-bond donors (Lipinski definition) is 1. The standard InChI is InChI=1S/C18H12F6N8/c1-9(15-27-8-29-32(15)16-25-3-2-4-26-16)30-13-7-28-31-14-11(13)5-10(17(19,20)21)6-12(14)18(22,23)24/h2-9H,1H3,(H,30,31). The predicted molar refractivity (Wildman–Crippen MR) is 98.5 cm³/mol. The lowest BCUT2D eigenvalue weighted by Crippen LogP contribution is -2.16. The van der Waals surface area contributed by atoms with E-state index < -0.39 is 40.4 Å². The lowest BCUT2D eigenvalue weighted by atomic mass is 10.0. The average Bonchev–Trinajstić information content (AvgIpc) is 3.22. The van der Waals surface area contributed by atoms with Gasteiger partial charge in [-0.3, -0.25) is 0 Å². The molecular formula is C18H12F6N8. The highest BCUT2D eigenvalue weighted by molar-refractivity contribution is 5.93. The van der Waals surface area contributed by atoms with E-state index in [0.29, 0.717) is 6.07 Å². The molecule has 0 aliphatic rings. The number of fused-ring (bicyclic) bond motifs is 1. The van der Waals surface area contributed by atoms with Gasteiger partial charge in [-0.1, -0.05) is 0 Å². The van der Waals surface area contributed by atoms with Crippen LogP contribution in [0.1, 0.15) is 29.9 Å². The first kappa shape index (κ1) is 21.4. The Hall–Kier alpha value is -3.84. The molecule has 0 spiro atoms. The monoisotopic (exact) mass is 454 g/mol. The summed E-state index contributed by atoms with van der Waals surface area (Å²) in [6.45, 7) is 1.59. The van der Waals surface area contributed by atoms with Crippen LogP contribution in [0, 0.1) is 0 Å². The van der Waals surface area contributed by atoms with Gasteiger partial charge in [0.1, 0.15) is 11.8 Å². The number of nitrogens with one attached hydrogen (secondary N) is 1. The van der Waals surface area contributed by atoms with E-state index in [1.165, 1.54) is 23.4 Å². The Bertz CT molecular complexity index is 1250. The minimum atomic E-state index is -5.07. The zero-order valence-electron chi connectivity index (χ0n) is 16.0. The number of halogens is 6. The highest BCUT2D eigenvalue weighted by Crippen LogP contribution is 2.41. The molecule has 0 saturated heterocycles. The summed E-state index contributed by atoms with van der Waals surface area (Å²) >= 11 is 0. The zero-order valence-corrected chi connectivity index (χ0v) is 16.0. The second-order valence-corrected chi connectivity index (χ2v) is 6.62. The van der Waals surface area contributed by atoms with Crippen molar-refractivity contribution in [1.82, 2.24) is 34.9 Å². The summed E-state index contributed by atoms with van der Waals surface area (Å²) in [6, 6.07) is 1.48. The van der Waals surface area contributed by atoms with Gasteiger partial charge in [0, 0.05) is 17.8 Å². The molecule has 0 bridgehead atoms. The molecule has 14 heteroatoms.